The molecule has 3 atom stereocenters. The molecule has 0 bridgehead atoms. The number of rotatable bonds is 2. The summed E-state index contributed by atoms with van der Waals surface area (Å²) in [6.07, 6.45) is 5.11. The molecule has 100 valence electrons. The van der Waals surface area contributed by atoms with Crippen LogP contribution < -0.4 is 0 Å². The summed E-state index contributed by atoms with van der Waals surface area (Å²) >= 11 is 0. The second-order valence-corrected chi connectivity index (χ2v) is 6.24. The molecule has 2 N–H and O–H groups in total. The predicted octanol–water partition coefficient (Wildman–Crippen LogP) is 2.90. The van der Waals surface area contributed by atoms with Gasteiger partial charge in [-0.15, -0.1) is 0 Å². The molecule has 2 aliphatic carbocycles. The van der Waals surface area contributed by atoms with E-state index in [4.69, 9.17) is 5.11 Å². The van der Waals surface area contributed by atoms with Crippen molar-refractivity contribution in [1.82, 2.24) is 0 Å². The number of carboxylic acid groups (broad SMARTS) is 1. The highest BCUT2D eigenvalue weighted by Gasteiger charge is 2.50. The van der Waals surface area contributed by atoms with Crippen molar-refractivity contribution >= 4 is 5.97 Å². The van der Waals surface area contributed by atoms with Gasteiger partial charge in [0.25, 0.3) is 0 Å². The molecule has 0 aliphatic heterocycles. The maximum Gasteiger partial charge on any atom is 0.333 e. The molecule has 0 amide bonds. The Bertz CT molecular complexity index is 412. The molecule has 0 heterocycles. The lowest BCUT2D eigenvalue weighted by atomic mass is 9.55. The molecule has 0 aromatic carbocycles. The minimum Gasteiger partial charge on any atom is -0.478 e. The summed E-state index contributed by atoms with van der Waals surface area (Å²) in [6.45, 7) is 9.92. The van der Waals surface area contributed by atoms with Crippen molar-refractivity contribution in [3.8, 4) is 0 Å². The summed E-state index contributed by atoms with van der Waals surface area (Å²) in [7, 11) is 0. The van der Waals surface area contributed by atoms with Gasteiger partial charge in [0.15, 0.2) is 0 Å². The van der Waals surface area contributed by atoms with Crippen LogP contribution in [0.5, 0.6) is 0 Å². The van der Waals surface area contributed by atoms with Crippen molar-refractivity contribution in [2.75, 3.05) is 0 Å². The maximum atomic E-state index is 11.0. The Morgan fingerprint density at radius 3 is 2.67 bits per heavy atom. The van der Waals surface area contributed by atoms with Gasteiger partial charge in [0.1, 0.15) is 0 Å². The minimum atomic E-state index is -1.25. The fraction of sp³-hybridized carbons (Fsp3) is 0.667. The Kier molecular flexibility index (Phi) is 3.14. The van der Waals surface area contributed by atoms with Crippen LogP contribution in [0.1, 0.15) is 45.4 Å². The molecule has 0 spiro atoms. The van der Waals surface area contributed by atoms with Crippen molar-refractivity contribution < 1.29 is 15.0 Å². The zero-order valence-corrected chi connectivity index (χ0v) is 11.0. The summed E-state index contributed by atoms with van der Waals surface area (Å²) in [6, 6.07) is 0. The molecule has 2 rings (SSSR count). The summed E-state index contributed by atoms with van der Waals surface area (Å²) in [5.41, 5.74) is 0.0272. The summed E-state index contributed by atoms with van der Waals surface area (Å²) < 4.78 is 0. The first-order chi connectivity index (χ1) is 8.28. The van der Waals surface area contributed by atoms with Crippen molar-refractivity contribution in [2.45, 2.75) is 51.0 Å². The van der Waals surface area contributed by atoms with Crippen LogP contribution in [0.15, 0.2) is 24.3 Å². The number of aliphatic hydroxyl groups is 1. The van der Waals surface area contributed by atoms with E-state index in [0.29, 0.717) is 12.8 Å². The lowest BCUT2D eigenvalue weighted by molar-refractivity contribution is -0.137. The number of carboxylic acids is 1. The van der Waals surface area contributed by atoms with Gasteiger partial charge in [-0.2, -0.15) is 0 Å². The summed E-state index contributed by atoms with van der Waals surface area (Å²) in [5, 5.41) is 19.6. The SMILES string of the molecule is C=C1CCCC2(C)CCC(O)(C(=C)C(=O)O)CC12. The summed E-state index contributed by atoms with van der Waals surface area (Å²) in [4.78, 5) is 11.0. The minimum absolute atomic E-state index is 0.0667. The normalized spacial score (nSPS) is 40.1. The standard InChI is InChI=1S/C15H22O3/c1-10-5-4-6-14(3)7-8-15(18,9-12(10)14)11(2)13(16)17/h12,18H,1-2,4-9H2,3H3,(H,16,17). The fourth-order valence-electron chi connectivity index (χ4n) is 3.66. The van der Waals surface area contributed by atoms with Gasteiger partial charge in [-0.3, -0.25) is 0 Å². The predicted molar refractivity (Wildman–Crippen MR) is 70.2 cm³/mol. The van der Waals surface area contributed by atoms with Gasteiger partial charge in [0.2, 0.25) is 0 Å². The quantitative estimate of drug-likeness (QED) is 0.585. The van der Waals surface area contributed by atoms with Crippen LogP contribution >= 0.6 is 0 Å². The van der Waals surface area contributed by atoms with E-state index in [9.17, 15) is 9.90 Å². The van der Waals surface area contributed by atoms with Gasteiger partial charge in [-0.25, -0.2) is 4.79 Å². The Labute approximate surface area is 108 Å². The highest BCUT2D eigenvalue weighted by Crippen LogP contribution is 2.55. The monoisotopic (exact) mass is 250 g/mol. The Morgan fingerprint density at radius 2 is 2.06 bits per heavy atom. The largest absolute Gasteiger partial charge is 0.478 e. The van der Waals surface area contributed by atoms with Crippen LogP contribution in [0.4, 0.5) is 0 Å². The van der Waals surface area contributed by atoms with Crippen molar-refractivity contribution in [1.29, 1.82) is 0 Å². The third-order valence-electron chi connectivity index (χ3n) is 5.05. The molecule has 3 heteroatoms. The second kappa shape index (κ2) is 4.23. The van der Waals surface area contributed by atoms with Crippen LogP contribution in [0, 0.1) is 11.3 Å². The van der Waals surface area contributed by atoms with E-state index < -0.39 is 11.6 Å². The number of fused-ring (bicyclic) bond motifs is 1. The molecule has 2 fully saturated rings. The van der Waals surface area contributed by atoms with E-state index in [2.05, 4.69) is 20.1 Å². The molecule has 0 radical (unpaired) electrons. The molecule has 18 heavy (non-hydrogen) atoms. The number of hydrogen-bond donors (Lipinski definition) is 2. The van der Waals surface area contributed by atoms with E-state index in [1.165, 1.54) is 5.57 Å². The smallest absolute Gasteiger partial charge is 0.333 e. The molecule has 2 saturated carbocycles. The topological polar surface area (TPSA) is 57.5 Å². The van der Waals surface area contributed by atoms with Crippen LogP contribution in [0.2, 0.25) is 0 Å². The zero-order valence-electron chi connectivity index (χ0n) is 11.0. The third kappa shape index (κ3) is 2.01. The Morgan fingerprint density at radius 1 is 1.39 bits per heavy atom. The Balaban J connectivity index is 2.25. The molecule has 0 saturated heterocycles. The van der Waals surface area contributed by atoms with Gasteiger partial charge < -0.3 is 10.2 Å². The van der Waals surface area contributed by atoms with E-state index in [1.807, 2.05) is 0 Å². The lowest BCUT2D eigenvalue weighted by Gasteiger charge is -2.51. The van der Waals surface area contributed by atoms with Gasteiger partial charge in [-0.05, 0) is 49.9 Å². The first-order valence-corrected chi connectivity index (χ1v) is 6.61. The second-order valence-electron chi connectivity index (χ2n) is 6.24. The van der Waals surface area contributed by atoms with Gasteiger partial charge in [0.05, 0.1) is 11.2 Å². The first-order valence-electron chi connectivity index (χ1n) is 6.61. The maximum absolute atomic E-state index is 11.0. The van der Waals surface area contributed by atoms with Crippen molar-refractivity contribution in [2.24, 2.45) is 11.3 Å². The molecule has 3 unspecified atom stereocenters. The fourth-order valence-corrected chi connectivity index (χ4v) is 3.66. The number of carbonyl (C=O) groups is 1. The average molecular weight is 250 g/mol. The van der Waals surface area contributed by atoms with Gasteiger partial charge in [-0.1, -0.05) is 25.7 Å². The van der Waals surface area contributed by atoms with Crippen LogP contribution in [-0.2, 0) is 4.79 Å². The van der Waals surface area contributed by atoms with E-state index in [-0.39, 0.29) is 16.9 Å². The van der Waals surface area contributed by atoms with E-state index >= 15 is 0 Å². The third-order valence-corrected chi connectivity index (χ3v) is 5.05. The molecular formula is C15H22O3. The number of allylic oxidation sites excluding steroid dienone is 1. The van der Waals surface area contributed by atoms with Gasteiger partial charge in [0, 0.05) is 0 Å². The molecule has 3 nitrogen and oxygen atoms in total. The number of hydrogen-bond acceptors (Lipinski definition) is 2. The highest BCUT2D eigenvalue weighted by atomic mass is 16.4. The van der Waals surface area contributed by atoms with Crippen molar-refractivity contribution in [3.63, 3.8) is 0 Å². The molecule has 0 aromatic heterocycles. The van der Waals surface area contributed by atoms with Crippen molar-refractivity contribution in [3.05, 3.63) is 24.3 Å². The zero-order chi connectivity index (χ0) is 13.6. The molecular weight excluding hydrogens is 228 g/mol. The summed E-state index contributed by atoms with van der Waals surface area (Å²) in [5.74, 6) is -0.872. The first kappa shape index (κ1) is 13.3. The van der Waals surface area contributed by atoms with Crippen LogP contribution in [0.25, 0.3) is 0 Å². The molecule has 2 aliphatic rings. The van der Waals surface area contributed by atoms with Crippen LogP contribution in [-0.4, -0.2) is 21.8 Å². The Hall–Kier alpha value is -1.09. The lowest BCUT2D eigenvalue weighted by Crippen LogP contribution is -2.48. The van der Waals surface area contributed by atoms with E-state index in [1.54, 1.807) is 0 Å². The van der Waals surface area contributed by atoms with E-state index in [0.717, 1.165) is 25.7 Å². The highest BCUT2D eigenvalue weighted by molar-refractivity contribution is 5.88. The van der Waals surface area contributed by atoms with Gasteiger partial charge >= 0.3 is 5.97 Å². The van der Waals surface area contributed by atoms with Crippen LogP contribution in [0.3, 0.4) is 0 Å². The molecule has 0 aromatic rings. The average Bonchev–Trinajstić information content (AvgIpc) is 2.30. The number of aliphatic carboxylic acids is 1.